The Morgan fingerprint density at radius 3 is 2.72 bits per heavy atom. The molecule has 25 heavy (non-hydrogen) atoms. The van der Waals surface area contributed by atoms with Crippen molar-refractivity contribution in [2.24, 2.45) is 0 Å². The third-order valence-corrected chi connectivity index (χ3v) is 4.62. The summed E-state index contributed by atoms with van der Waals surface area (Å²) in [6.45, 7) is 3.41. The fraction of sp³-hybridized carbons (Fsp3) is 0.471. The predicted molar refractivity (Wildman–Crippen MR) is 89.7 cm³/mol. The quantitative estimate of drug-likeness (QED) is 0.853. The van der Waals surface area contributed by atoms with E-state index in [2.05, 4.69) is 20.7 Å². The summed E-state index contributed by atoms with van der Waals surface area (Å²) < 4.78 is 19.9. The molecule has 1 aliphatic rings. The molecule has 2 aromatic heterocycles. The predicted octanol–water partition coefficient (Wildman–Crippen LogP) is 1.35. The summed E-state index contributed by atoms with van der Waals surface area (Å²) in [5.41, 5.74) is 0.0735. The Labute approximate surface area is 145 Å². The molecule has 1 amide bonds. The number of halogens is 1. The fourth-order valence-corrected chi connectivity index (χ4v) is 2.98. The molecule has 0 bridgehead atoms. The first-order valence-corrected chi connectivity index (χ1v) is 8.27. The Morgan fingerprint density at radius 1 is 1.40 bits per heavy atom. The van der Waals surface area contributed by atoms with Gasteiger partial charge >= 0.3 is 0 Å². The number of hydrogen-bond donors (Lipinski definition) is 2. The first-order valence-electron chi connectivity index (χ1n) is 8.27. The number of pyridine rings is 1. The van der Waals surface area contributed by atoms with Crippen molar-refractivity contribution in [3.05, 3.63) is 42.1 Å². The van der Waals surface area contributed by atoms with E-state index in [1.807, 2.05) is 13.0 Å². The minimum atomic E-state index is -0.778. The summed E-state index contributed by atoms with van der Waals surface area (Å²) >= 11 is 0. The van der Waals surface area contributed by atoms with Gasteiger partial charge in [-0.15, -0.1) is 0 Å². The molecule has 2 N–H and O–H groups in total. The van der Waals surface area contributed by atoms with Gasteiger partial charge in [-0.2, -0.15) is 5.10 Å². The van der Waals surface area contributed by atoms with Crippen LogP contribution in [0.15, 0.2) is 30.7 Å². The maximum Gasteiger partial charge on any atom is 0.252 e. The Balaban J connectivity index is 1.68. The van der Waals surface area contributed by atoms with Gasteiger partial charge in [0, 0.05) is 13.3 Å². The van der Waals surface area contributed by atoms with Crippen LogP contribution in [0.1, 0.15) is 31.4 Å². The lowest BCUT2D eigenvalue weighted by molar-refractivity contribution is -0.147. The smallest absolute Gasteiger partial charge is 0.252 e. The van der Waals surface area contributed by atoms with Gasteiger partial charge in [-0.1, -0.05) is 6.07 Å². The molecule has 0 radical (unpaired) electrons. The van der Waals surface area contributed by atoms with Gasteiger partial charge in [-0.05, 0) is 44.5 Å². The highest BCUT2D eigenvalue weighted by Crippen LogP contribution is 2.24. The molecule has 2 aromatic rings. The summed E-state index contributed by atoms with van der Waals surface area (Å²) in [6.07, 6.45) is 5.32. The topological polar surface area (TPSA) is 81.1 Å². The van der Waals surface area contributed by atoms with Gasteiger partial charge < -0.3 is 15.4 Å². The van der Waals surface area contributed by atoms with Crippen molar-refractivity contribution in [1.82, 2.24) is 25.4 Å². The standard InChI is InChI=1S/C17H22FN5O2/c1-12(22-16(24)17(25-2)5-7-19-8-6-17)13-3-4-15(20-9-13)23-11-14(18)10-21-23/h3-4,9-12,19H,5-8H2,1-2H3,(H,22,24)/t12-/m0/s1. The molecule has 8 heteroatoms. The summed E-state index contributed by atoms with van der Waals surface area (Å²) in [5.74, 6) is -0.0153. The third kappa shape index (κ3) is 3.69. The van der Waals surface area contributed by atoms with Crippen LogP contribution in [0.25, 0.3) is 5.82 Å². The van der Waals surface area contributed by atoms with E-state index in [0.29, 0.717) is 18.7 Å². The van der Waals surface area contributed by atoms with E-state index in [4.69, 9.17) is 4.74 Å². The van der Waals surface area contributed by atoms with Gasteiger partial charge in [0.15, 0.2) is 11.6 Å². The highest BCUT2D eigenvalue weighted by atomic mass is 19.1. The van der Waals surface area contributed by atoms with Crippen LogP contribution in [0.2, 0.25) is 0 Å². The SMILES string of the molecule is COC1(C(=O)N[C@@H](C)c2ccc(-n3cc(F)cn3)nc2)CCNCC1. The maximum absolute atomic E-state index is 13.0. The molecule has 1 saturated heterocycles. The van der Waals surface area contributed by atoms with Crippen molar-refractivity contribution in [3.63, 3.8) is 0 Å². The van der Waals surface area contributed by atoms with Crippen LogP contribution < -0.4 is 10.6 Å². The molecule has 3 heterocycles. The van der Waals surface area contributed by atoms with Crippen molar-refractivity contribution in [2.75, 3.05) is 20.2 Å². The molecule has 0 saturated carbocycles. The van der Waals surface area contributed by atoms with Crippen LogP contribution in [-0.2, 0) is 9.53 Å². The molecule has 0 aliphatic carbocycles. The van der Waals surface area contributed by atoms with Gasteiger partial charge in [0.1, 0.15) is 5.60 Å². The maximum atomic E-state index is 13.0. The zero-order chi connectivity index (χ0) is 17.9. The minimum absolute atomic E-state index is 0.109. The minimum Gasteiger partial charge on any atom is -0.368 e. The Hall–Kier alpha value is -2.32. The molecule has 1 fully saturated rings. The Bertz CT molecular complexity index is 725. The number of carbonyl (C=O) groups is 1. The number of amides is 1. The second-order valence-electron chi connectivity index (χ2n) is 6.20. The lowest BCUT2D eigenvalue weighted by atomic mass is 9.90. The van der Waals surface area contributed by atoms with Crippen LogP contribution in [0.3, 0.4) is 0 Å². The monoisotopic (exact) mass is 347 g/mol. The summed E-state index contributed by atoms with van der Waals surface area (Å²) in [4.78, 5) is 17.0. The van der Waals surface area contributed by atoms with E-state index in [0.717, 1.165) is 24.8 Å². The van der Waals surface area contributed by atoms with E-state index in [9.17, 15) is 9.18 Å². The Morgan fingerprint density at radius 2 is 2.16 bits per heavy atom. The van der Waals surface area contributed by atoms with Crippen molar-refractivity contribution in [2.45, 2.75) is 31.4 Å². The molecule has 7 nitrogen and oxygen atoms in total. The fourth-order valence-electron chi connectivity index (χ4n) is 2.98. The molecule has 0 unspecified atom stereocenters. The molecule has 134 valence electrons. The number of nitrogens with zero attached hydrogens (tertiary/aromatic N) is 3. The average Bonchev–Trinajstić information content (AvgIpc) is 3.08. The Kier molecular flexibility index (Phi) is 5.10. The lowest BCUT2D eigenvalue weighted by Crippen LogP contribution is -2.54. The summed E-state index contributed by atoms with van der Waals surface area (Å²) in [6, 6.07) is 3.36. The largest absolute Gasteiger partial charge is 0.368 e. The molecule has 0 aromatic carbocycles. The first kappa shape index (κ1) is 17.5. The van der Waals surface area contributed by atoms with Crippen molar-refractivity contribution < 1.29 is 13.9 Å². The van der Waals surface area contributed by atoms with E-state index in [-0.39, 0.29) is 11.9 Å². The van der Waals surface area contributed by atoms with Crippen LogP contribution in [-0.4, -0.2) is 46.5 Å². The molecule has 0 spiro atoms. The molecule has 1 atom stereocenters. The zero-order valence-electron chi connectivity index (χ0n) is 14.3. The van der Waals surface area contributed by atoms with E-state index >= 15 is 0 Å². The van der Waals surface area contributed by atoms with Gasteiger partial charge in [0.05, 0.1) is 18.4 Å². The van der Waals surface area contributed by atoms with Gasteiger partial charge in [0.2, 0.25) is 0 Å². The summed E-state index contributed by atoms with van der Waals surface area (Å²) in [5, 5.41) is 10.1. The second-order valence-corrected chi connectivity index (χ2v) is 6.20. The zero-order valence-corrected chi connectivity index (χ0v) is 14.3. The number of carbonyl (C=O) groups excluding carboxylic acids is 1. The number of piperidine rings is 1. The van der Waals surface area contributed by atoms with Crippen molar-refractivity contribution in [1.29, 1.82) is 0 Å². The number of methoxy groups -OCH3 is 1. The first-order chi connectivity index (χ1) is 12.0. The second kappa shape index (κ2) is 7.28. The van der Waals surface area contributed by atoms with Crippen LogP contribution in [0.5, 0.6) is 0 Å². The molecule has 1 aliphatic heterocycles. The summed E-state index contributed by atoms with van der Waals surface area (Å²) in [7, 11) is 1.58. The third-order valence-electron chi connectivity index (χ3n) is 4.62. The number of rotatable bonds is 5. The number of aromatic nitrogens is 3. The highest BCUT2D eigenvalue weighted by molar-refractivity contribution is 5.85. The normalized spacial score (nSPS) is 17.9. The van der Waals surface area contributed by atoms with Gasteiger partial charge in [-0.3, -0.25) is 4.79 Å². The molecule has 3 rings (SSSR count). The average molecular weight is 347 g/mol. The van der Waals surface area contributed by atoms with Gasteiger partial charge in [0.25, 0.3) is 5.91 Å². The van der Waals surface area contributed by atoms with Crippen LogP contribution in [0, 0.1) is 5.82 Å². The number of hydrogen-bond acceptors (Lipinski definition) is 5. The van der Waals surface area contributed by atoms with E-state index in [1.54, 1.807) is 19.4 Å². The molecular weight excluding hydrogens is 325 g/mol. The van der Waals surface area contributed by atoms with Crippen molar-refractivity contribution in [3.8, 4) is 5.82 Å². The van der Waals surface area contributed by atoms with E-state index in [1.165, 1.54) is 10.9 Å². The van der Waals surface area contributed by atoms with Crippen LogP contribution >= 0.6 is 0 Å². The van der Waals surface area contributed by atoms with Gasteiger partial charge in [-0.25, -0.2) is 14.1 Å². The van der Waals surface area contributed by atoms with Crippen molar-refractivity contribution >= 4 is 5.91 Å². The van der Waals surface area contributed by atoms with Crippen LogP contribution in [0.4, 0.5) is 4.39 Å². The highest BCUT2D eigenvalue weighted by Gasteiger charge is 2.40. The lowest BCUT2D eigenvalue weighted by Gasteiger charge is -2.35. The van der Waals surface area contributed by atoms with E-state index < -0.39 is 11.4 Å². The molecular formula is C17H22FN5O2. The number of ether oxygens (including phenoxy) is 1. The number of nitrogens with one attached hydrogen (secondary N) is 2.